The largest absolute Gasteiger partial charge is 0.469 e. The summed E-state index contributed by atoms with van der Waals surface area (Å²) >= 11 is 0. The van der Waals surface area contributed by atoms with Gasteiger partial charge in [0.1, 0.15) is 0 Å². The molecule has 0 amide bonds. The third-order valence-electron chi connectivity index (χ3n) is 2.87. The monoisotopic (exact) mass is 646 g/mol. The van der Waals surface area contributed by atoms with Crippen molar-refractivity contribution >= 4 is 18.2 Å². The van der Waals surface area contributed by atoms with Crippen LogP contribution in [0.4, 0.5) is 4.39 Å². The Morgan fingerprint density at radius 1 is 0.613 bits per heavy atom. The summed E-state index contributed by atoms with van der Waals surface area (Å²) in [6.07, 6.45) is 13.1. The van der Waals surface area contributed by atoms with Gasteiger partial charge in [0.2, 0.25) is 0 Å². The molecule has 0 saturated heterocycles. The predicted octanol–water partition coefficient (Wildman–Crippen LogP) is 6.31. The Hall–Kier alpha value is 0.302. The quantitative estimate of drug-likeness (QED) is 0.280. The standard InChI is InChI=1S/3C7H7N.C2H6.CH3F.3Y/c3*1-3-7-4-6(2)8-5-7;2*1-2;;;/h3*1,3-4,8H,2H3;1-2H3;1H3;;;/q3*-2;;;;;. The van der Waals surface area contributed by atoms with Gasteiger partial charge >= 0.3 is 0 Å². The van der Waals surface area contributed by atoms with Gasteiger partial charge in [-0.05, 0) is 0 Å². The van der Waals surface area contributed by atoms with Crippen LogP contribution >= 0.6 is 0 Å². The van der Waals surface area contributed by atoms with Crippen molar-refractivity contribution in [3.8, 4) is 0 Å². The number of rotatable bonds is 3. The molecule has 0 aliphatic carbocycles. The summed E-state index contributed by atoms with van der Waals surface area (Å²) in [5.74, 6) is 0. The molecule has 3 rings (SSSR count). The molecule has 31 heavy (non-hydrogen) atoms. The minimum Gasteiger partial charge on any atom is -0.469 e. The Labute approximate surface area is 264 Å². The van der Waals surface area contributed by atoms with Gasteiger partial charge in [0.15, 0.2) is 0 Å². The summed E-state index contributed by atoms with van der Waals surface area (Å²) in [4.78, 5) is 8.65. The van der Waals surface area contributed by atoms with Crippen LogP contribution in [0.2, 0.25) is 0 Å². The van der Waals surface area contributed by atoms with Crippen LogP contribution in [-0.4, -0.2) is 22.1 Å². The van der Waals surface area contributed by atoms with Gasteiger partial charge in [-0.25, -0.2) is 18.2 Å². The van der Waals surface area contributed by atoms with Gasteiger partial charge in [-0.3, -0.25) is 21.1 Å². The number of aromatic nitrogens is 3. The maximum atomic E-state index is 9.50. The van der Waals surface area contributed by atoms with Crippen molar-refractivity contribution in [1.29, 1.82) is 0 Å². The minimum absolute atomic E-state index is 0. The molecule has 3 radical (unpaired) electrons. The molecule has 0 aliphatic heterocycles. The van der Waals surface area contributed by atoms with E-state index in [1.165, 1.54) is 18.2 Å². The fourth-order valence-corrected chi connectivity index (χ4v) is 1.70. The fraction of sp³-hybridized carbons (Fsp3) is 0.250. The predicted molar refractivity (Wildman–Crippen MR) is 118 cm³/mol. The van der Waals surface area contributed by atoms with Gasteiger partial charge in [0.05, 0.1) is 7.18 Å². The van der Waals surface area contributed by atoms with Crippen LogP contribution in [0, 0.1) is 59.1 Å². The summed E-state index contributed by atoms with van der Waals surface area (Å²) in [5.41, 5.74) is 6.01. The van der Waals surface area contributed by atoms with Gasteiger partial charge in [-0.2, -0.15) is 18.6 Å². The van der Waals surface area contributed by atoms with Gasteiger partial charge < -0.3 is 52.9 Å². The maximum absolute atomic E-state index is 9.50. The molecule has 0 aliphatic rings. The number of halogens is 1. The van der Waals surface area contributed by atoms with Gasteiger partial charge in [0, 0.05) is 98.1 Å². The third kappa shape index (κ3) is 21.9. The van der Waals surface area contributed by atoms with Crippen LogP contribution in [0.3, 0.4) is 0 Å². The first-order valence-corrected chi connectivity index (χ1v) is 8.73. The Kier molecular flexibility index (Phi) is 38.0. The van der Waals surface area contributed by atoms with Crippen molar-refractivity contribution in [2.45, 2.75) is 34.6 Å². The summed E-state index contributed by atoms with van der Waals surface area (Å²) in [6, 6.07) is 5.79. The first-order valence-electron chi connectivity index (χ1n) is 8.73. The molecule has 0 aromatic carbocycles. The Bertz CT molecular complexity index is 684. The van der Waals surface area contributed by atoms with Crippen molar-refractivity contribution < 1.29 is 103 Å². The Balaban J connectivity index is -0.0000000964. The van der Waals surface area contributed by atoms with Crippen LogP contribution in [-0.2, 0) is 98.1 Å². The van der Waals surface area contributed by atoms with Crippen molar-refractivity contribution in [3.63, 3.8) is 0 Å². The Morgan fingerprint density at radius 3 is 0.871 bits per heavy atom. The van der Waals surface area contributed by atoms with E-state index in [0.29, 0.717) is 7.18 Å². The number of hydrogen-bond donors (Lipinski definition) is 3. The van der Waals surface area contributed by atoms with E-state index in [9.17, 15) is 4.39 Å². The topological polar surface area (TPSA) is 47.4 Å². The zero-order chi connectivity index (χ0) is 21.9. The van der Waals surface area contributed by atoms with Crippen molar-refractivity contribution in [1.82, 2.24) is 15.0 Å². The number of aromatic amines is 3. The van der Waals surface area contributed by atoms with Crippen LogP contribution in [0.1, 0.15) is 47.6 Å². The van der Waals surface area contributed by atoms with Gasteiger partial charge in [0.25, 0.3) is 0 Å². The summed E-state index contributed by atoms with van der Waals surface area (Å²) in [5, 5.41) is 0. The molecular formula is C24H30FN3Y3-6. The zero-order valence-electron chi connectivity index (χ0n) is 19.3. The third-order valence-corrected chi connectivity index (χ3v) is 2.87. The van der Waals surface area contributed by atoms with E-state index in [1.807, 2.05) is 52.8 Å². The second kappa shape index (κ2) is 28.3. The number of alkyl halides is 1. The van der Waals surface area contributed by atoms with E-state index in [2.05, 4.69) is 33.5 Å². The average Bonchev–Trinajstić information content (AvgIpc) is 3.47. The molecule has 3 nitrogen and oxygen atoms in total. The second-order valence-electron chi connectivity index (χ2n) is 5.10. The number of H-pyrrole nitrogens is 3. The molecule has 0 bridgehead atoms. The number of aryl methyl sites for hydroxylation is 3. The molecule has 0 fully saturated rings. The van der Waals surface area contributed by atoms with Crippen molar-refractivity contribution in [2.75, 3.05) is 7.18 Å². The molecule has 0 unspecified atom stereocenters. The van der Waals surface area contributed by atoms with Crippen LogP contribution < -0.4 is 0 Å². The fourth-order valence-electron chi connectivity index (χ4n) is 1.70. The molecular weight excluding hydrogens is 616 g/mol. The maximum Gasteiger partial charge on any atom is 0.0785 e. The van der Waals surface area contributed by atoms with E-state index >= 15 is 0 Å². The second-order valence-corrected chi connectivity index (χ2v) is 5.10. The van der Waals surface area contributed by atoms with E-state index < -0.39 is 0 Å². The average molecular weight is 646 g/mol. The molecule has 0 spiro atoms. The molecule has 3 aromatic heterocycles. The van der Waals surface area contributed by atoms with Crippen LogP contribution in [0.15, 0.2) is 18.2 Å². The van der Waals surface area contributed by atoms with E-state index in [4.69, 9.17) is 19.7 Å². The van der Waals surface area contributed by atoms with E-state index in [0.717, 1.165) is 33.8 Å². The first-order chi connectivity index (χ1) is 13.5. The van der Waals surface area contributed by atoms with Crippen molar-refractivity contribution in [2.24, 2.45) is 0 Å². The summed E-state index contributed by atoms with van der Waals surface area (Å²) in [7, 11) is 0.500. The SMILES string of the molecule is CC.CF.[CH-]=Cc1[c-][nH]c(C)c1.[CH-]=Cc1[c-][nH]c(C)c1.[CH-]=Cc1[c-][nH]c(C)c1.[Y].[Y].[Y]. The van der Waals surface area contributed by atoms with Gasteiger partial charge in [-0.15, -0.1) is 17.1 Å². The number of nitrogens with one attached hydrogen (secondary N) is 3. The Morgan fingerprint density at radius 2 is 0.806 bits per heavy atom. The minimum atomic E-state index is 0. The molecule has 3 aromatic rings. The van der Waals surface area contributed by atoms with Crippen LogP contribution in [0.25, 0.3) is 18.2 Å². The van der Waals surface area contributed by atoms with E-state index in [1.54, 1.807) is 0 Å². The smallest absolute Gasteiger partial charge is 0.0785 e. The molecule has 3 N–H and O–H groups in total. The molecule has 0 atom stereocenters. The normalized spacial score (nSPS) is 7.45. The molecule has 3 heterocycles. The van der Waals surface area contributed by atoms with E-state index in [-0.39, 0.29) is 98.1 Å². The molecule has 7 heteroatoms. The molecule has 163 valence electrons. The van der Waals surface area contributed by atoms with Gasteiger partial charge in [-0.1, -0.05) is 34.6 Å². The molecule has 0 saturated carbocycles. The first kappa shape index (κ1) is 41.5. The number of hydrogen-bond acceptors (Lipinski definition) is 0. The van der Waals surface area contributed by atoms with Crippen LogP contribution in [0.5, 0.6) is 0 Å². The zero-order valence-corrected chi connectivity index (χ0v) is 27.8. The van der Waals surface area contributed by atoms with Crippen molar-refractivity contribution in [3.05, 3.63) is 90.3 Å². The summed E-state index contributed by atoms with van der Waals surface area (Å²) in [6.45, 7) is 25.4. The summed E-state index contributed by atoms with van der Waals surface area (Å²) < 4.78 is 9.50.